The van der Waals surface area contributed by atoms with E-state index in [1.165, 1.54) is 35.1 Å². The van der Waals surface area contributed by atoms with Gasteiger partial charge in [0.2, 0.25) is 0 Å². The van der Waals surface area contributed by atoms with Gasteiger partial charge in [-0.1, -0.05) is 65.9 Å². The average molecular weight is 725 g/mol. The van der Waals surface area contributed by atoms with Crippen LogP contribution in [0.2, 0.25) is 0 Å². The van der Waals surface area contributed by atoms with Gasteiger partial charge < -0.3 is 14.2 Å². The van der Waals surface area contributed by atoms with Crippen molar-refractivity contribution >= 4 is 45.0 Å². The molecular weight excluding hydrogens is 697 g/mol. The SMILES string of the molecule is CCOC(=O)C1=C(c2ccccc2)N=c2s/c(=C\c3cc(Br)c(OCc4ccc(C#N)cc4)c(OC)c3)c(=O)n2[C@@H]1c1ccc(F)cc1. The molecule has 0 aliphatic carbocycles. The van der Waals surface area contributed by atoms with Gasteiger partial charge in [-0.25, -0.2) is 14.2 Å². The van der Waals surface area contributed by atoms with Crippen molar-refractivity contribution in [2.45, 2.75) is 19.6 Å². The molecule has 11 heteroatoms. The summed E-state index contributed by atoms with van der Waals surface area (Å²) in [7, 11) is 1.53. The second kappa shape index (κ2) is 14.2. The van der Waals surface area contributed by atoms with E-state index in [9.17, 15) is 14.0 Å². The molecule has 0 bridgehead atoms. The van der Waals surface area contributed by atoms with Crippen molar-refractivity contribution in [2.24, 2.45) is 4.99 Å². The number of fused-ring (bicyclic) bond motifs is 1. The van der Waals surface area contributed by atoms with Crippen molar-refractivity contribution in [3.8, 4) is 17.6 Å². The molecule has 1 aromatic heterocycles. The zero-order valence-electron chi connectivity index (χ0n) is 25.8. The maximum absolute atomic E-state index is 14.2. The van der Waals surface area contributed by atoms with E-state index in [4.69, 9.17) is 24.5 Å². The van der Waals surface area contributed by atoms with Crippen LogP contribution in [0, 0.1) is 17.1 Å². The molecule has 1 aliphatic heterocycles. The van der Waals surface area contributed by atoms with Gasteiger partial charge in [0.1, 0.15) is 12.4 Å². The van der Waals surface area contributed by atoms with Gasteiger partial charge in [-0.3, -0.25) is 9.36 Å². The zero-order chi connectivity index (χ0) is 33.8. The number of halogens is 2. The van der Waals surface area contributed by atoms with Crippen LogP contribution >= 0.6 is 27.3 Å². The second-order valence-corrected chi connectivity index (χ2v) is 12.5. The number of hydrogen-bond acceptors (Lipinski definition) is 8. The van der Waals surface area contributed by atoms with Gasteiger partial charge in [0.25, 0.3) is 5.56 Å². The van der Waals surface area contributed by atoms with E-state index in [1.807, 2.05) is 48.5 Å². The lowest BCUT2D eigenvalue weighted by Crippen LogP contribution is -2.40. The van der Waals surface area contributed by atoms with Crippen LogP contribution < -0.4 is 24.4 Å². The van der Waals surface area contributed by atoms with Gasteiger partial charge in [-0.05, 0) is 82.0 Å². The van der Waals surface area contributed by atoms with Crippen LogP contribution in [-0.2, 0) is 16.1 Å². The lowest BCUT2D eigenvalue weighted by molar-refractivity contribution is -0.138. The van der Waals surface area contributed by atoms with E-state index < -0.39 is 17.8 Å². The molecule has 2 heterocycles. The summed E-state index contributed by atoms with van der Waals surface area (Å²) in [6.45, 7) is 2.07. The standard InChI is InChI=1S/C37H27BrFN3O5S/c1-3-46-36(44)31-32(25-7-5-4-6-8-25)41-37-42(33(31)26-13-15-27(39)16-14-26)35(43)30(48-37)19-24-17-28(38)34(29(18-24)45-2)47-21-23-11-9-22(20-40)10-12-23/h4-19,33H,3,21H2,1-2H3/b30-19-/t33-/m1/s1. The van der Waals surface area contributed by atoms with Crippen LogP contribution in [0.3, 0.4) is 0 Å². The first-order chi connectivity index (χ1) is 23.3. The van der Waals surface area contributed by atoms with Crippen molar-refractivity contribution in [3.05, 3.63) is 154 Å². The highest BCUT2D eigenvalue weighted by Gasteiger charge is 2.35. The first-order valence-electron chi connectivity index (χ1n) is 14.8. The smallest absolute Gasteiger partial charge is 0.338 e. The number of aromatic nitrogens is 1. The number of ether oxygens (including phenoxy) is 3. The van der Waals surface area contributed by atoms with Crippen molar-refractivity contribution in [2.75, 3.05) is 13.7 Å². The molecule has 1 aliphatic rings. The number of thiazole rings is 1. The van der Waals surface area contributed by atoms with Crippen LogP contribution in [0.5, 0.6) is 11.5 Å². The number of nitriles is 1. The van der Waals surface area contributed by atoms with Crippen LogP contribution in [0.25, 0.3) is 11.8 Å². The first kappa shape index (κ1) is 32.6. The number of nitrogens with zero attached hydrogens (tertiary/aromatic N) is 3. The van der Waals surface area contributed by atoms with Gasteiger partial charge in [0.05, 0.1) is 51.7 Å². The zero-order valence-corrected chi connectivity index (χ0v) is 28.2. The molecule has 0 saturated heterocycles. The Labute approximate surface area is 287 Å². The number of carbonyl (C=O) groups excluding carboxylic acids is 1. The van der Waals surface area contributed by atoms with Crippen molar-refractivity contribution in [1.82, 2.24) is 4.57 Å². The summed E-state index contributed by atoms with van der Waals surface area (Å²) in [6.07, 6.45) is 1.72. The Morgan fingerprint density at radius 1 is 1.08 bits per heavy atom. The number of carbonyl (C=O) groups is 1. The van der Waals surface area contributed by atoms with Crippen LogP contribution in [-0.4, -0.2) is 24.3 Å². The Morgan fingerprint density at radius 3 is 2.48 bits per heavy atom. The van der Waals surface area contributed by atoms with Crippen LogP contribution in [0.1, 0.15) is 40.8 Å². The molecule has 6 rings (SSSR count). The van der Waals surface area contributed by atoms with Gasteiger partial charge in [-0.15, -0.1) is 0 Å². The fourth-order valence-corrected chi connectivity index (χ4v) is 6.92. The quantitative estimate of drug-likeness (QED) is 0.166. The summed E-state index contributed by atoms with van der Waals surface area (Å²) in [6, 6.07) is 26.8. The number of esters is 1. The average Bonchev–Trinajstić information content (AvgIpc) is 3.41. The number of rotatable bonds is 9. The fourth-order valence-electron chi connectivity index (χ4n) is 5.35. The van der Waals surface area contributed by atoms with E-state index >= 15 is 0 Å². The van der Waals surface area contributed by atoms with Crippen molar-refractivity contribution in [3.63, 3.8) is 0 Å². The maximum Gasteiger partial charge on any atom is 0.338 e. The molecule has 0 saturated carbocycles. The normalized spacial score (nSPS) is 14.1. The molecule has 0 unspecified atom stereocenters. The molecule has 1 atom stereocenters. The minimum absolute atomic E-state index is 0.120. The molecular formula is C37H27BrFN3O5S. The Morgan fingerprint density at radius 2 is 1.81 bits per heavy atom. The summed E-state index contributed by atoms with van der Waals surface area (Å²) < 4.78 is 33.7. The predicted octanol–water partition coefficient (Wildman–Crippen LogP) is 6.30. The molecule has 0 radical (unpaired) electrons. The Hall–Kier alpha value is -5.31. The molecule has 0 N–H and O–H groups in total. The largest absolute Gasteiger partial charge is 0.493 e. The van der Waals surface area contributed by atoms with Gasteiger partial charge in [-0.2, -0.15) is 5.26 Å². The third-order valence-corrected chi connectivity index (χ3v) is 9.15. The Bertz CT molecular complexity index is 2260. The second-order valence-electron chi connectivity index (χ2n) is 10.6. The topological polar surface area (TPSA) is 103 Å². The predicted molar refractivity (Wildman–Crippen MR) is 184 cm³/mol. The highest BCUT2D eigenvalue weighted by atomic mass is 79.9. The molecule has 4 aromatic carbocycles. The Balaban J connectivity index is 1.47. The van der Waals surface area contributed by atoms with Crippen LogP contribution in [0.15, 0.2) is 111 Å². The molecule has 8 nitrogen and oxygen atoms in total. The van der Waals surface area contributed by atoms with E-state index in [0.29, 0.717) is 53.3 Å². The summed E-state index contributed by atoms with van der Waals surface area (Å²) in [5.74, 6) is -0.144. The molecule has 0 spiro atoms. The van der Waals surface area contributed by atoms with Gasteiger partial charge >= 0.3 is 5.97 Å². The minimum Gasteiger partial charge on any atom is -0.493 e. The molecule has 0 fully saturated rings. The Kier molecular flexibility index (Phi) is 9.66. The third-order valence-electron chi connectivity index (χ3n) is 7.58. The monoisotopic (exact) mass is 723 g/mol. The van der Waals surface area contributed by atoms with E-state index in [2.05, 4.69) is 22.0 Å². The lowest BCUT2D eigenvalue weighted by atomic mass is 9.93. The summed E-state index contributed by atoms with van der Waals surface area (Å²) in [5.41, 5.74) is 3.48. The highest BCUT2D eigenvalue weighted by Crippen LogP contribution is 2.38. The fraction of sp³-hybridized carbons (Fsp3) is 0.135. The molecule has 240 valence electrons. The minimum atomic E-state index is -0.919. The number of benzene rings is 4. The molecule has 5 aromatic rings. The van der Waals surface area contributed by atoms with E-state index in [0.717, 1.165) is 5.56 Å². The number of methoxy groups -OCH3 is 1. The van der Waals surface area contributed by atoms with E-state index in [1.54, 1.807) is 43.3 Å². The third kappa shape index (κ3) is 6.58. The van der Waals surface area contributed by atoms with E-state index in [-0.39, 0.29) is 24.3 Å². The molecule has 48 heavy (non-hydrogen) atoms. The summed E-state index contributed by atoms with van der Waals surface area (Å²) in [5, 5.41) is 9.06. The van der Waals surface area contributed by atoms with Crippen molar-refractivity contribution < 1.29 is 23.4 Å². The highest BCUT2D eigenvalue weighted by molar-refractivity contribution is 9.10. The van der Waals surface area contributed by atoms with Crippen molar-refractivity contribution in [1.29, 1.82) is 5.26 Å². The maximum atomic E-state index is 14.2. The first-order valence-corrected chi connectivity index (χ1v) is 16.5. The molecule has 0 amide bonds. The summed E-state index contributed by atoms with van der Waals surface area (Å²) in [4.78, 5) is 33.0. The lowest BCUT2D eigenvalue weighted by Gasteiger charge is -2.25. The van der Waals surface area contributed by atoms with Gasteiger partial charge in [0.15, 0.2) is 16.3 Å². The summed E-state index contributed by atoms with van der Waals surface area (Å²) >= 11 is 4.76. The number of hydrogen-bond donors (Lipinski definition) is 0. The van der Waals surface area contributed by atoms with Gasteiger partial charge in [0, 0.05) is 5.56 Å². The van der Waals surface area contributed by atoms with Crippen LogP contribution in [0.4, 0.5) is 4.39 Å².